The van der Waals surface area contributed by atoms with Gasteiger partial charge >= 0.3 is 0 Å². The molecule has 0 spiro atoms. The first-order valence-corrected chi connectivity index (χ1v) is 7.50. The summed E-state index contributed by atoms with van der Waals surface area (Å²) in [6.07, 6.45) is -0.302. The average molecular weight is 408 g/mol. The van der Waals surface area contributed by atoms with Gasteiger partial charge in [0.05, 0.1) is 11.1 Å². The molecule has 0 bridgehead atoms. The van der Waals surface area contributed by atoms with E-state index in [0.717, 1.165) is 20.1 Å². The maximum atomic E-state index is 13.1. The molecule has 0 heterocycles. The van der Waals surface area contributed by atoms with Crippen LogP contribution in [0.15, 0.2) is 45.3 Å². The number of aliphatic hydroxyl groups is 1. The van der Waals surface area contributed by atoms with Gasteiger partial charge in [-0.3, -0.25) is 0 Å². The molecular weight excluding hydrogens is 398 g/mol. The fraction of sp³-hybridized carbons (Fsp3) is 0.143. The Balaban J connectivity index is 2.20. The van der Waals surface area contributed by atoms with Gasteiger partial charge < -0.3 is 5.11 Å². The molecule has 0 amide bonds. The van der Waals surface area contributed by atoms with Gasteiger partial charge in [-0.05, 0) is 35.4 Å². The Morgan fingerprint density at radius 3 is 2.53 bits per heavy atom. The van der Waals surface area contributed by atoms with E-state index in [1.54, 1.807) is 6.07 Å². The third kappa shape index (κ3) is 3.78. The van der Waals surface area contributed by atoms with Crippen LogP contribution in [0.2, 0.25) is 5.02 Å². The van der Waals surface area contributed by atoms with Crippen LogP contribution in [0.1, 0.15) is 17.2 Å². The smallest absolute Gasteiger partial charge is 0.141 e. The lowest BCUT2D eigenvalue weighted by Gasteiger charge is -2.13. The Labute approximate surface area is 132 Å². The molecule has 1 N–H and O–H groups in total. The minimum Gasteiger partial charge on any atom is -0.388 e. The van der Waals surface area contributed by atoms with Crippen LogP contribution < -0.4 is 0 Å². The van der Waals surface area contributed by atoms with Crippen molar-refractivity contribution in [2.45, 2.75) is 12.5 Å². The van der Waals surface area contributed by atoms with Crippen LogP contribution in [-0.2, 0) is 6.42 Å². The molecule has 0 fully saturated rings. The molecule has 2 aromatic carbocycles. The molecule has 1 atom stereocenters. The van der Waals surface area contributed by atoms with E-state index in [1.165, 1.54) is 12.1 Å². The number of halogens is 4. The van der Waals surface area contributed by atoms with Gasteiger partial charge in [0.15, 0.2) is 0 Å². The van der Waals surface area contributed by atoms with Crippen molar-refractivity contribution in [3.63, 3.8) is 0 Å². The molecule has 0 aliphatic carbocycles. The maximum absolute atomic E-state index is 13.1. The van der Waals surface area contributed by atoms with E-state index in [0.29, 0.717) is 6.42 Å². The van der Waals surface area contributed by atoms with E-state index >= 15 is 0 Å². The van der Waals surface area contributed by atoms with Crippen molar-refractivity contribution in [1.82, 2.24) is 0 Å². The van der Waals surface area contributed by atoms with Gasteiger partial charge in [0.1, 0.15) is 5.82 Å². The first-order chi connectivity index (χ1) is 8.97. The lowest BCUT2D eigenvalue weighted by atomic mass is 10.0. The van der Waals surface area contributed by atoms with Crippen molar-refractivity contribution in [1.29, 1.82) is 0 Å². The molecule has 0 aliphatic rings. The number of hydrogen-bond acceptors (Lipinski definition) is 1. The second kappa shape index (κ2) is 6.35. The summed E-state index contributed by atoms with van der Waals surface area (Å²) in [6, 6.07) is 10.0. The minimum absolute atomic E-state index is 0.0690. The highest BCUT2D eigenvalue weighted by Gasteiger charge is 2.13. The molecule has 0 radical (unpaired) electrons. The molecule has 100 valence electrons. The summed E-state index contributed by atoms with van der Waals surface area (Å²) in [4.78, 5) is 0. The van der Waals surface area contributed by atoms with E-state index in [1.807, 2.05) is 18.2 Å². The normalized spacial score (nSPS) is 12.5. The van der Waals surface area contributed by atoms with Crippen LogP contribution in [0.4, 0.5) is 4.39 Å². The van der Waals surface area contributed by atoms with E-state index in [9.17, 15) is 9.50 Å². The van der Waals surface area contributed by atoms with Crippen molar-refractivity contribution in [3.8, 4) is 0 Å². The lowest BCUT2D eigenvalue weighted by Crippen LogP contribution is -2.03. The summed E-state index contributed by atoms with van der Waals surface area (Å²) >= 11 is 12.5. The second-order valence-electron chi connectivity index (χ2n) is 4.13. The van der Waals surface area contributed by atoms with Gasteiger partial charge in [0.2, 0.25) is 0 Å². The molecule has 1 nitrogen and oxygen atoms in total. The van der Waals surface area contributed by atoms with Crippen molar-refractivity contribution >= 4 is 43.5 Å². The highest BCUT2D eigenvalue weighted by Crippen LogP contribution is 2.29. The van der Waals surface area contributed by atoms with Crippen LogP contribution in [0, 0.1) is 5.82 Å². The Hall–Kier alpha value is -0.420. The highest BCUT2D eigenvalue weighted by atomic mass is 79.9. The number of hydrogen-bond donors (Lipinski definition) is 1. The molecule has 2 rings (SSSR count). The Kier molecular flexibility index (Phi) is 5.01. The van der Waals surface area contributed by atoms with Crippen LogP contribution >= 0.6 is 43.5 Å². The molecule has 19 heavy (non-hydrogen) atoms. The summed E-state index contributed by atoms with van der Waals surface area (Å²) in [6.45, 7) is 0. The average Bonchev–Trinajstić information content (AvgIpc) is 2.33. The summed E-state index contributed by atoms with van der Waals surface area (Å²) in [5.41, 5.74) is 1.57. The van der Waals surface area contributed by atoms with E-state index < -0.39 is 11.9 Å². The minimum atomic E-state index is -0.677. The standard InChI is InChI=1S/C14H10Br2ClFO/c15-9-2-3-10(11(16)7-9)14(19)6-8-1-4-13(18)12(17)5-8/h1-5,7,14,19H,6H2. The molecule has 5 heteroatoms. The van der Waals surface area contributed by atoms with Gasteiger partial charge in [0.25, 0.3) is 0 Å². The number of aliphatic hydroxyl groups excluding tert-OH is 1. The second-order valence-corrected chi connectivity index (χ2v) is 6.31. The fourth-order valence-electron chi connectivity index (χ4n) is 1.77. The van der Waals surface area contributed by atoms with Crippen LogP contribution in [0.5, 0.6) is 0 Å². The van der Waals surface area contributed by atoms with Crippen molar-refractivity contribution in [2.75, 3.05) is 0 Å². The summed E-state index contributed by atoms with van der Waals surface area (Å²) < 4.78 is 14.8. The quantitative estimate of drug-likeness (QED) is 0.733. The highest BCUT2D eigenvalue weighted by molar-refractivity contribution is 9.11. The third-order valence-corrected chi connectivity index (χ3v) is 4.20. The van der Waals surface area contributed by atoms with Crippen LogP contribution in [0.3, 0.4) is 0 Å². The summed E-state index contributed by atoms with van der Waals surface area (Å²) in [7, 11) is 0. The SMILES string of the molecule is OC(Cc1ccc(F)c(Cl)c1)c1ccc(Br)cc1Br. The van der Waals surface area contributed by atoms with Crippen molar-refractivity contribution < 1.29 is 9.50 Å². The zero-order valence-corrected chi connectivity index (χ0v) is 13.6. The van der Waals surface area contributed by atoms with Gasteiger partial charge in [-0.1, -0.05) is 55.6 Å². The first kappa shape index (κ1) is 15.0. The Bertz CT molecular complexity index is 604. The molecule has 0 aliphatic heterocycles. The molecule has 0 aromatic heterocycles. The van der Waals surface area contributed by atoms with Gasteiger partial charge in [-0.25, -0.2) is 4.39 Å². The monoisotopic (exact) mass is 406 g/mol. The van der Waals surface area contributed by atoms with Gasteiger partial charge in [-0.2, -0.15) is 0 Å². The third-order valence-electron chi connectivity index (χ3n) is 2.73. The van der Waals surface area contributed by atoms with Crippen molar-refractivity contribution in [2.24, 2.45) is 0 Å². The van der Waals surface area contributed by atoms with Crippen LogP contribution in [-0.4, -0.2) is 5.11 Å². The summed E-state index contributed by atoms with van der Waals surface area (Å²) in [5.74, 6) is -0.454. The van der Waals surface area contributed by atoms with E-state index in [4.69, 9.17) is 11.6 Å². The van der Waals surface area contributed by atoms with Crippen LogP contribution in [0.25, 0.3) is 0 Å². The molecule has 0 saturated heterocycles. The predicted molar refractivity (Wildman–Crippen MR) is 81.9 cm³/mol. The van der Waals surface area contributed by atoms with E-state index in [2.05, 4.69) is 31.9 Å². The molecule has 1 unspecified atom stereocenters. The molecule has 0 saturated carbocycles. The van der Waals surface area contributed by atoms with Gasteiger partial charge in [0, 0.05) is 15.4 Å². The molecule has 2 aromatic rings. The first-order valence-electron chi connectivity index (χ1n) is 5.54. The number of rotatable bonds is 3. The fourth-order valence-corrected chi connectivity index (χ4v) is 3.29. The van der Waals surface area contributed by atoms with E-state index in [-0.39, 0.29) is 5.02 Å². The van der Waals surface area contributed by atoms with Crippen molar-refractivity contribution in [3.05, 3.63) is 67.3 Å². The Morgan fingerprint density at radius 2 is 1.89 bits per heavy atom. The molecular formula is C14H10Br2ClFO. The largest absolute Gasteiger partial charge is 0.388 e. The summed E-state index contributed by atoms with van der Waals surface area (Å²) in [5, 5.41) is 10.3. The number of benzene rings is 2. The predicted octanol–water partition coefficient (Wildman–Crippen LogP) is 5.28. The lowest BCUT2D eigenvalue weighted by molar-refractivity contribution is 0.177. The zero-order chi connectivity index (χ0) is 14.0. The zero-order valence-electron chi connectivity index (χ0n) is 9.71. The maximum Gasteiger partial charge on any atom is 0.141 e. The topological polar surface area (TPSA) is 20.2 Å². The van der Waals surface area contributed by atoms with Gasteiger partial charge in [-0.15, -0.1) is 0 Å². The Morgan fingerprint density at radius 1 is 1.16 bits per heavy atom.